The zero-order valence-electron chi connectivity index (χ0n) is 10.1. The summed E-state index contributed by atoms with van der Waals surface area (Å²) in [6.45, 7) is 4.01. The quantitative estimate of drug-likeness (QED) is 0.917. The predicted molar refractivity (Wildman–Crippen MR) is 75.1 cm³/mol. The number of rotatable bonds is 3. The smallest absolute Gasteiger partial charge is 0.115 e. The van der Waals surface area contributed by atoms with Crippen molar-refractivity contribution < 1.29 is 0 Å². The molecule has 0 spiro atoms. The van der Waals surface area contributed by atoms with Gasteiger partial charge in [-0.2, -0.15) is 5.26 Å². The first-order valence-electron chi connectivity index (χ1n) is 5.48. The molecule has 0 aliphatic rings. The van der Waals surface area contributed by atoms with E-state index in [0.29, 0.717) is 10.6 Å². The molecular formula is C13H12ClN3S. The fraction of sp³-hybridized carbons (Fsp3) is 0.231. The second-order valence-electron chi connectivity index (χ2n) is 4.00. The van der Waals surface area contributed by atoms with Gasteiger partial charge in [0.05, 0.1) is 28.4 Å². The normalized spacial score (nSPS) is 11.9. The summed E-state index contributed by atoms with van der Waals surface area (Å²) in [7, 11) is 0. The van der Waals surface area contributed by atoms with Gasteiger partial charge in [-0.3, -0.25) is 0 Å². The second kappa shape index (κ2) is 5.38. The molecule has 0 amide bonds. The van der Waals surface area contributed by atoms with Gasteiger partial charge in [0.15, 0.2) is 0 Å². The molecule has 1 heterocycles. The van der Waals surface area contributed by atoms with Gasteiger partial charge in [-0.25, -0.2) is 4.98 Å². The maximum atomic E-state index is 8.78. The van der Waals surface area contributed by atoms with Crippen LogP contribution in [0.15, 0.2) is 23.6 Å². The van der Waals surface area contributed by atoms with Crippen LogP contribution in [-0.2, 0) is 0 Å². The maximum absolute atomic E-state index is 8.78. The average molecular weight is 278 g/mol. The number of nitrogens with one attached hydrogen (secondary N) is 1. The van der Waals surface area contributed by atoms with E-state index in [0.717, 1.165) is 16.4 Å². The van der Waals surface area contributed by atoms with Crippen molar-refractivity contribution in [3.05, 3.63) is 44.9 Å². The molecule has 1 aromatic heterocycles. The molecule has 0 saturated heterocycles. The van der Waals surface area contributed by atoms with Crippen LogP contribution in [0.1, 0.15) is 29.2 Å². The first kappa shape index (κ1) is 12.9. The molecule has 1 atom stereocenters. The van der Waals surface area contributed by atoms with Crippen LogP contribution in [0, 0.1) is 18.3 Å². The fourth-order valence-electron chi connectivity index (χ4n) is 1.57. The van der Waals surface area contributed by atoms with Crippen LogP contribution >= 0.6 is 22.9 Å². The summed E-state index contributed by atoms with van der Waals surface area (Å²) in [5, 5.41) is 15.7. The topological polar surface area (TPSA) is 48.7 Å². The van der Waals surface area contributed by atoms with Crippen molar-refractivity contribution in [3.63, 3.8) is 0 Å². The third-order valence-electron chi connectivity index (χ3n) is 2.48. The highest BCUT2D eigenvalue weighted by Gasteiger charge is 2.11. The Bertz CT molecular complexity index is 601. The molecule has 0 bridgehead atoms. The van der Waals surface area contributed by atoms with Gasteiger partial charge < -0.3 is 5.32 Å². The highest BCUT2D eigenvalue weighted by atomic mass is 35.5. The number of anilines is 1. The van der Waals surface area contributed by atoms with Crippen LogP contribution in [0.25, 0.3) is 0 Å². The number of nitriles is 1. The van der Waals surface area contributed by atoms with Crippen LogP contribution in [0.3, 0.4) is 0 Å². The first-order valence-corrected chi connectivity index (χ1v) is 6.74. The molecular weight excluding hydrogens is 266 g/mol. The fourth-order valence-corrected chi connectivity index (χ4v) is 2.61. The van der Waals surface area contributed by atoms with Gasteiger partial charge in [0.2, 0.25) is 0 Å². The summed E-state index contributed by atoms with van der Waals surface area (Å²) in [5.41, 5.74) is 2.40. The lowest BCUT2D eigenvalue weighted by Crippen LogP contribution is -2.06. The monoisotopic (exact) mass is 277 g/mol. The van der Waals surface area contributed by atoms with E-state index in [1.807, 2.05) is 25.3 Å². The Labute approximate surface area is 115 Å². The van der Waals surface area contributed by atoms with Gasteiger partial charge in [-0.1, -0.05) is 11.6 Å². The Morgan fingerprint density at radius 3 is 2.83 bits per heavy atom. The molecule has 0 fully saturated rings. The minimum absolute atomic E-state index is 0.0918. The van der Waals surface area contributed by atoms with Gasteiger partial charge in [0, 0.05) is 11.1 Å². The molecule has 0 saturated carbocycles. The molecule has 3 nitrogen and oxygen atoms in total. The molecule has 0 aliphatic carbocycles. The van der Waals surface area contributed by atoms with Crippen LogP contribution in [-0.4, -0.2) is 4.98 Å². The Balaban J connectivity index is 2.17. The minimum atomic E-state index is 0.0918. The lowest BCUT2D eigenvalue weighted by molar-refractivity contribution is 0.864. The van der Waals surface area contributed by atoms with E-state index in [1.54, 1.807) is 23.5 Å². The molecule has 1 unspecified atom stereocenters. The zero-order valence-corrected chi connectivity index (χ0v) is 11.6. The lowest BCUT2D eigenvalue weighted by atomic mass is 10.2. The van der Waals surface area contributed by atoms with Crippen molar-refractivity contribution in [3.8, 4) is 6.07 Å². The van der Waals surface area contributed by atoms with Crippen LogP contribution < -0.4 is 5.32 Å². The Kier molecular flexibility index (Phi) is 3.85. The van der Waals surface area contributed by atoms with Gasteiger partial charge in [0.1, 0.15) is 5.01 Å². The van der Waals surface area contributed by atoms with E-state index >= 15 is 0 Å². The highest BCUT2D eigenvalue weighted by Crippen LogP contribution is 2.28. The number of aryl methyl sites for hydroxylation is 1. The van der Waals surface area contributed by atoms with Crippen molar-refractivity contribution in [2.24, 2.45) is 0 Å². The average Bonchev–Trinajstić information content (AvgIpc) is 2.78. The van der Waals surface area contributed by atoms with Crippen molar-refractivity contribution in [1.29, 1.82) is 5.26 Å². The van der Waals surface area contributed by atoms with Gasteiger partial charge in [0.25, 0.3) is 0 Å². The molecule has 2 rings (SSSR count). The lowest BCUT2D eigenvalue weighted by Gasteiger charge is -2.14. The standard InChI is InChI=1S/C13H12ClN3S/c1-8-7-18-13(16-8)9(2)17-12-4-3-10(6-15)5-11(12)14/h3-5,7,9,17H,1-2H3. The van der Waals surface area contributed by atoms with Crippen LogP contribution in [0.4, 0.5) is 5.69 Å². The number of hydrogen-bond donors (Lipinski definition) is 1. The van der Waals surface area contributed by atoms with Crippen LogP contribution in [0.2, 0.25) is 5.02 Å². The van der Waals surface area contributed by atoms with Crippen molar-refractivity contribution in [1.82, 2.24) is 4.98 Å². The van der Waals surface area contributed by atoms with Gasteiger partial charge in [-0.15, -0.1) is 11.3 Å². The Morgan fingerprint density at radius 2 is 2.28 bits per heavy atom. The number of thiazole rings is 1. The summed E-state index contributed by atoms with van der Waals surface area (Å²) >= 11 is 7.74. The summed E-state index contributed by atoms with van der Waals surface area (Å²) in [6, 6.07) is 7.37. The summed E-state index contributed by atoms with van der Waals surface area (Å²) in [6.07, 6.45) is 0. The Hall–Kier alpha value is -1.57. The van der Waals surface area contributed by atoms with Gasteiger partial charge in [-0.05, 0) is 32.0 Å². The van der Waals surface area contributed by atoms with E-state index in [4.69, 9.17) is 16.9 Å². The summed E-state index contributed by atoms with van der Waals surface area (Å²) in [4.78, 5) is 4.43. The van der Waals surface area contributed by atoms with E-state index in [9.17, 15) is 0 Å². The first-order chi connectivity index (χ1) is 8.60. The minimum Gasteiger partial charge on any atom is -0.375 e. The number of halogens is 1. The molecule has 92 valence electrons. The number of benzene rings is 1. The molecule has 1 aromatic carbocycles. The highest BCUT2D eigenvalue weighted by molar-refractivity contribution is 7.09. The zero-order chi connectivity index (χ0) is 13.1. The third kappa shape index (κ3) is 2.81. The van der Waals surface area contributed by atoms with E-state index in [1.165, 1.54) is 0 Å². The molecule has 2 aromatic rings. The number of nitrogens with zero attached hydrogens (tertiary/aromatic N) is 2. The molecule has 0 radical (unpaired) electrons. The van der Waals surface area contributed by atoms with E-state index < -0.39 is 0 Å². The van der Waals surface area contributed by atoms with Gasteiger partial charge >= 0.3 is 0 Å². The number of aromatic nitrogens is 1. The van der Waals surface area contributed by atoms with E-state index in [2.05, 4.69) is 16.4 Å². The Morgan fingerprint density at radius 1 is 1.50 bits per heavy atom. The third-order valence-corrected chi connectivity index (χ3v) is 3.94. The largest absolute Gasteiger partial charge is 0.375 e. The van der Waals surface area contributed by atoms with E-state index in [-0.39, 0.29) is 6.04 Å². The SMILES string of the molecule is Cc1csc(C(C)Nc2ccc(C#N)cc2Cl)n1. The molecule has 0 aliphatic heterocycles. The number of hydrogen-bond acceptors (Lipinski definition) is 4. The van der Waals surface area contributed by atoms with Crippen LogP contribution in [0.5, 0.6) is 0 Å². The van der Waals surface area contributed by atoms with Crippen molar-refractivity contribution in [2.45, 2.75) is 19.9 Å². The summed E-state index contributed by atoms with van der Waals surface area (Å²) < 4.78 is 0. The molecule has 5 heteroatoms. The predicted octanol–water partition coefficient (Wildman–Crippen LogP) is 4.15. The second-order valence-corrected chi connectivity index (χ2v) is 5.30. The molecule has 18 heavy (non-hydrogen) atoms. The van der Waals surface area contributed by atoms with Crippen molar-refractivity contribution in [2.75, 3.05) is 5.32 Å². The molecule has 1 N–H and O–H groups in total. The van der Waals surface area contributed by atoms with Crippen molar-refractivity contribution >= 4 is 28.6 Å². The summed E-state index contributed by atoms with van der Waals surface area (Å²) in [5.74, 6) is 0. The maximum Gasteiger partial charge on any atom is 0.115 e.